The number of hydrogen-bond donors (Lipinski definition) is 1. The number of rotatable bonds is 4. The Bertz CT molecular complexity index is 986. The summed E-state index contributed by atoms with van der Waals surface area (Å²) < 4.78 is 1.89. The molecule has 3 heterocycles. The van der Waals surface area contributed by atoms with Gasteiger partial charge in [-0.15, -0.1) is 0 Å². The standard InChI is InChI=1S/C22H27N5O/c1-15-18(16(2)26(3)25-15)9-10-21(28)27-13-11-19-20(12-14-27)23-24-22(19)17-7-5-4-6-8-17/h4-8H,9-14H2,1-3H3,(H,23,24). The van der Waals surface area contributed by atoms with Crippen molar-refractivity contribution in [3.8, 4) is 11.3 Å². The zero-order valence-electron chi connectivity index (χ0n) is 16.8. The highest BCUT2D eigenvalue weighted by molar-refractivity contribution is 5.77. The van der Waals surface area contributed by atoms with Crippen LogP contribution in [0.15, 0.2) is 30.3 Å². The summed E-state index contributed by atoms with van der Waals surface area (Å²) in [7, 11) is 1.95. The molecule has 6 nitrogen and oxygen atoms in total. The Labute approximate surface area is 165 Å². The molecule has 0 atom stereocenters. The lowest BCUT2D eigenvalue weighted by molar-refractivity contribution is -0.131. The van der Waals surface area contributed by atoms with Crippen LogP contribution in [-0.4, -0.2) is 43.9 Å². The lowest BCUT2D eigenvalue weighted by Gasteiger charge is -2.20. The van der Waals surface area contributed by atoms with Crippen LogP contribution in [0, 0.1) is 13.8 Å². The molecule has 4 rings (SSSR count). The second-order valence-corrected chi connectivity index (χ2v) is 7.55. The fraction of sp³-hybridized carbons (Fsp3) is 0.409. The molecule has 1 aromatic carbocycles. The van der Waals surface area contributed by atoms with E-state index in [1.807, 2.05) is 41.8 Å². The quantitative estimate of drug-likeness (QED) is 0.760. The third-order valence-corrected chi connectivity index (χ3v) is 5.86. The van der Waals surface area contributed by atoms with Crippen molar-refractivity contribution in [2.24, 2.45) is 7.05 Å². The van der Waals surface area contributed by atoms with Crippen molar-refractivity contribution in [1.29, 1.82) is 0 Å². The molecule has 0 saturated heterocycles. The zero-order valence-corrected chi connectivity index (χ0v) is 16.8. The number of H-pyrrole nitrogens is 1. The average Bonchev–Trinajstić information content (AvgIpc) is 3.12. The van der Waals surface area contributed by atoms with E-state index < -0.39 is 0 Å². The fourth-order valence-corrected chi connectivity index (χ4v) is 4.14. The normalized spacial score (nSPS) is 14.0. The zero-order chi connectivity index (χ0) is 19.7. The summed E-state index contributed by atoms with van der Waals surface area (Å²) in [5.74, 6) is 0.224. The first kappa shape index (κ1) is 18.5. The van der Waals surface area contributed by atoms with Crippen molar-refractivity contribution < 1.29 is 4.79 Å². The first-order valence-corrected chi connectivity index (χ1v) is 9.93. The van der Waals surface area contributed by atoms with E-state index >= 15 is 0 Å². The summed E-state index contributed by atoms with van der Waals surface area (Å²) in [6, 6.07) is 10.3. The number of aromatic nitrogens is 4. The van der Waals surface area contributed by atoms with Gasteiger partial charge in [0.1, 0.15) is 0 Å². The molecule has 3 aromatic rings. The van der Waals surface area contributed by atoms with Gasteiger partial charge in [0.25, 0.3) is 0 Å². The smallest absolute Gasteiger partial charge is 0.222 e. The van der Waals surface area contributed by atoms with E-state index in [1.165, 1.54) is 11.1 Å². The van der Waals surface area contributed by atoms with Gasteiger partial charge in [0.15, 0.2) is 0 Å². The lowest BCUT2D eigenvalue weighted by atomic mass is 10.0. The van der Waals surface area contributed by atoms with Gasteiger partial charge < -0.3 is 4.90 Å². The van der Waals surface area contributed by atoms with E-state index in [2.05, 4.69) is 34.4 Å². The molecule has 1 aliphatic heterocycles. The highest BCUT2D eigenvalue weighted by Crippen LogP contribution is 2.26. The SMILES string of the molecule is Cc1nn(C)c(C)c1CCC(=O)N1CCc2[nH]nc(-c3ccccc3)c2CC1. The molecule has 2 aromatic heterocycles. The molecule has 146 valence electrons. The number of fused-ring (bicyclic) bond motifs is 1. The summed E-state index contributed by atoms with van der Waals surface area (Å²) in [4.78, 5) is 14.9. The van der Waals surface area contributed by atoms with Crippen LogP contribution < -0.4 is 0 Å². The Kier molecular flexibility index (Phi) is 5.03. The van der Waals surface area contributed by atoms with Crippen LogP contribution in [0.1, 0.15) is 34.6 Å². The Morgan fingerprint density at radius 3 is 2.61 bits per heavy atom. The first-order chi connectivity index (χ1) is 13.5. The Morgan fingerprint density at radius 2 is 1.89 bits per heavy atom. The van der Waals surface area contributed by atoms with E-state index in [4.69, 9.17) is 0 Å². The van der Waals surface area contributed by atoms with Gasteiger partial charge in [-0.2, -0.15) is 10.2 Å². The largest absolute Gasteiger partial charge is 0.342 e. The van der Waals surface area contributed by atoms with Crippen LogP contribution >= 0.6 is 0 Å². The van der Waals surface area contributed by atoms with Crippen molar-refractivity contribution in [2.75, 3.05) is 13.1 Å². The third kappa shape index (κ3) is 3.46. The summed E-state index contributed by atoms with van der Waals surface area (Å²) in [5.41, 5.74) is 7.93. The minimum atomic E-state index is 0.224. The molecule has 1 N–H and O–H groups in total. The molecule has 28 heavy (non-hydrogen) atoms. The third-order valence-electron chi connectivity index (χ3n) is 5.86. The summed E-state index contributed by atoms with van der Waals surface area (Å²) in [5, 5.41) is 12.2. The second-order valence-electron chi connectivity index (χ2n) is 7.55. The number of amides is 1. The molecular weight excluding hydrogens is 350 g/mol. The van der Waals surface area contributed by atoms with E-state index in [9.17, 15) is 4.79 Å². The number of aryl methyl sites for hydroxylation is 2. The van der Waals surface area contributed by atoms with E-state index in [1.54, 1.807) is 0 Å². The van der Waals surface area contributed by atoms with Crippen molar-refractivity contribution >= 4 is 5.91 Å². The van der Waals surface area contributed by atoms with Crippen LogP contribution in [-0.2, 0) is 31.1 Å². The molecule has 6 heteroatoms. The van der Waals surface area contributed by atoms with Crippen LogP contribution in [0.3, 0.4) is 0 Å². The van der Waals surface area contributed by atoms with Crippen molar-refractivity contribution in [3.05, 3.63) is 58.5 Å². The number of hydrogen-bond acceptors (Lipinski definition) is 3. The highest BCUT2D eigenvalue weighted by atomic mass is 16.2. The highest BCUT2D eigenvalue weighted by Gasteiger charge is 2.23. The maximum Gasteiger partial charge on any atom is 0.222 e. The molecule has 0 spiro atoms. The number of carbonyl (C=O) groups is 1. The molecule has 0 aliphatic carbocycles. The van der Waals surface area contributed by atoms with Crippen molar-refractivity contribution in [3.63, 3.8) is 0 Å². The van der Waals surface area contributed by atoms with Crippen molar-refractivity contribution in [2.45, 2.75) is 39.5 Å². The van der Waals surface area contributed by atoms with Crippen LogP contribution in [0.2, 0.25) is 0 Å². The van der Waals surface area contributed by atoms with Crippen LogP contribution in [0.25, 0.3) is 11.3 Å². The van der Waals surface area contributed by atoms with Gasteiger partial charge in [0, 0.05) is 55.5 Å². The molecular formula is C22H27N5O. The van der Waals surface area contributed by atoms with Gasteiger partial charge in [0.2, 0.25) is 5.91 Å². The van der Waals surface area contributed by atoms with E-state index in [0.717, 1.165) is 60.7 Å². The maximum absolute atomic E-state index is 12.9. The first-order valence-electron chi connectivity index (χ1n) is 9.93. The number of carbonyl (C=O) groups excluding carboxylic acids is 1. The maximum atomic E-state index is 12.9. The number of nitrogens with zero attached hydrogens (tertiary/aromatic N) is 4. The van der Waals surface area contributed by atoms with Crippen molar-refractivity contribution in [1.82, 2.24) is 24.9 Å². The number of nitrogens with one attached hydrogen (secondary N) is 1. The van der Waals surface area contributed by atoms with Gasteiger partial charge in [-0.3, -0.25) is 14.6 Å². The van der Waals surface area contributed by atoms with Gasteiger partial charge in [-0.1, -0.05) is 30.3 Å². The van der Waals surface area contributed by atoms with Gasteiger partial charge in [-0.25, -0.2) is 0 Å². The van der Waals surface area contributed by atoms with E-state index in [0.29, 0.717) is 6.42 Å². The van der Waals surface area contributed by atoms with Crippen LogP contribution in [0.4, 0.5) is 0 Å². The number of benzene rings is 1. The predicted octanol–water partition coefficient (Wildman–Crippen LogP) is 2.99. The molecule has 1 amide bonds. The molecule has 0 unspecified atom stereocenters. The van der Waals surface area contributed by atoms with Gasteiger partial charge >= 0.3 is 0 Å². The molecule has 0 bridgehead atoms. The predicted molar refractivity (Wildman–Crippen MR) is 109 cm³/mol. The molecule has 0 fully saturated rings. The van der Waals surface area contributed by atoms with Gasteiger partial charge in [-0.05, 0) is 32.3 Å². The molecule has 1 aliphatic rings. The minimum Gasteiger partial charge on any atom is -0.342 e. The molecule has 0 saturated carbocycles. The van der Waals surface area contributed by atoms with Crippen LogP contribution in [0.5, 0.6) is 0 Å². The molecule has 0 radical (unpaired) electrons. The summed E-state index contributed by atoms with van der Waals surface area (Å²) in [6.45, 7) is 5.57. The Morgan fingerprint density at radius 1 is 1.14 bits per heavy atom. The Hall–Kier alpha value is -2.89. The summed E-state index contributed by atoms with van der Waals surface area (Å²) >= 11 is 0. The second kappa shape index (κ2) is 7.62. The topological polar surface area (TPSA) is 66.8 Å². The number of aromatic amines is 1. The fourth-order valence-electron chi connectivity index (χ4n) is 4.14. The Balaban J connectivity index is 1.43. The average molecular weight is 377 g/mol. The minimum absolute atomic E-state index is 0.224. The van der Waals surface area contributed by atoms with E-state index in [-0.39, 0.29) is 5.91 Å². The van der Waals surface area contributed by atoms with Gasteiger partial charge in [0.05, 0.1) is 11.4 Å². The monoisotopic (exact) mass is 377 g/mol. The summed E-state index contributed by atoms with van der Waals surface area (Å²) in [6.07, 6.45) is 2.95. The lowest BCUT2D eigenvalue weighted by Crippen LogP contribution is -2.33.